The number of halogens is 1. The molecule has 0 aliphatic carbocycles. The van der Waals surface area contributed by atoms with Crippen LogP contribution in [-0.4, -0.2) is 33.5 Å². The molecule has 0 aromatic carbocycles. The molecule has 9 nitrogen and oxygen atoms in total. The van der Waals surface area contributed by atoms with Crippen LogP contribution in [0.1, 0.15) is 33.6 Å². The quantitative estimate of drug-likeness (QED) is 0.531. The molecule has 2 heterocycles. The van der Waals surface area contributed by atoms with Crippen molar-refractivity contribution >= 4 is 34.7 Å². The molecule has 2 aromatic rings. The number of anilines is 3. The number of pyridine rings is 1. The predicted octanol–water partition coefficient (Wildman–Crippen LogP) is 2.07. The molecule has 0 bridgehead atoms. The number of amides is 1. The van der Waals surface area contributed by atoms with E-state index in [1.807, 2.05) is 20.8 Å². The summed E-state index contributed by atoms with van der Waals surface area (Å²) >= 11 is 5.99. The van der Waals surface area contributed by atoms with Gasteiger partial charge in [0.2, 0.25) is 5.91 Å². The van der Waals surface area contributed by atoms with Gasteiger partial charge in [-0.3, -0.25) is 19.1 Å². The number of nitrogens with two attached hydrogens (primary N) is 1. The van der Waals surface area contributed by atoms with E-state index in [4.69, 9.17) is 17.3 Å². The van der Waals surface area contributed by atoms with Crippen LogP contribution in [0.4, 0.5) is 17.2 Å². The molecule has 158 valence electrons. The molecule has 0 aliphatic heterocycles. The monoisotopic (exact) mass is 422 g/mol. The molecule has 2 aromatic heterocycles. The Bertz CT molecular complexity index is 969. The van der Waals surface area contributed by atoms with Crippen molar-refractivity contribution in [1.29, 1.82) is 0 Å². The third-order valence-electron chi connectivity index (χ3n) is 4.23. The van der Waals surface area contributed by atoms with Crippen molar-refractivity contribution in [3.8, 4) is 0 Å². The van der Waals surface area contributed by atoms with E-state index in [1.54, 1.807) is 17.0 Å². The Kier molecular flexibility index (Phi) is 7.83. The fourth-order valence-corrected chi connectivity index (χ4v) is 3.06. The lowest BCUT2D eigenvalue weighted by Crippen LogP contribution is -2.42. The zero-order valence-electron chi connectivity index (χ0n) is 16.9. The molecule has 0 saturated carbocycles. The Balaban J connectivity index is 2.37. The van der Waals surface area contributed by atoms with Gasteiger partial charge >= 0.3 is 5.69 Å². The number of carbonyl (C=O) groups is 1. The minimum atomic E-state index is -0.615. The molecule has 2 rings (SSSR count). The highest BCUT2D eigenvalue weighted by Crippen LogP contribution is 2.20. The summed E-state index contributed by atoms with van der Waals surface area (Å²) in [5, 5.41) is 2.86. The average Bonchev–Trinajstić information content (AvgIpc) is 2.64. The van der Waals surface area contributed by atoms with E-state index in [-0.39, 0.29) is 35.0 Å². The second-order valence-electron chi connectivity index (χ2n) is 7.16. The van der Waals surface area contributed by atoms with Crippen molar-refractivity contribution in [2.45, 2.75) is 40.2 Å². The second kappa shape index (κ2) is 10.1. The number of carbonyl (C=O) groups excluding carboxylic acids is 1. The van der Waals surface area contributed by atoms with Crippen molar-refractivity contribution in [2.75, 3.05) is 29.0 Å². The number of nitrogen functional groups attached to an aromatic ring is 1. The van der Waals surface area contributed by atoms with Crippen molar-refractivity contribution in [3.05, 3.63) is 44.3 Å². The summed E-state index contributed by atoms with van der Waals surface area (Å²) in [5.41, 5.74) is 5.51. The number of nitrogens with one attached hydrogen (secondary N) is 2. The Morgan fingerprint density at radius 1 is 1.41 bits per heavy atom. The summed E-state index contributed by atoms with van der Waals surface area (Å²) in [6, 6.07) is 3.29. The third-order valence-corrected chi connectivity index (χ3v) is 4.53. The molecule has 1 amide bonds. The molecule has 29 heavy (non-hydrogen) atoms. The highest BCUT2D eigenvalue weighted by molar-refractivity contribution is 6.32. The second-order valence-corrected chi connectivity index (χ2v) is 7.52. The normalized spacial score (nSPS) is 10.9. The molecule has 0 radical (unpaired) electrons. The maximum Gasteiger partial charge on any atom is 0.330 e. The van der Waals surface area contributed by atoms with Gasteiger partial charge in [0, 0.05) is 19.3 Å². The van der Waals surface area contributed by atoms with Crippen molar-refractivity contribution in [1.82, 2.24) is 14.5 Å². The number of H-pyrrole nitrogens is 1. The van der Waals surface area contributed by atoms with Gasteiger partial charge < -0.3 is 16.0 Å². The number of rotatable bonds is 9. The Hall–Kier alpha value is -2.81. The third kappa shape index (κ3) is 5.83. The standard InChI is InChI=1S/C19H27ClN6O3/c1-4-5-9-25(11-14(27)23-13-7-6-8-22-16(13)20)15-17(21)26(10-12(2)3)19(29)24-18(15)28/h6-8,12H,4-5,9-11,21H2,1-3H3,(H,23,27)(H,24,28,29). The molecule has 0 spiro atoms. The number of unbranched alkanes of at least 4 members (excludes halogenated alkanes) is 1. The van der Waals surface area contributed by atoms with Crippen LogP contribution >= 0.6 is 11.6 Å². The summed E-state index contributed by atoms with van der Waals surface area (Å²) in [4.78, 5) is 45.2. The van der Waals surface area contributed by atoms with E-state index in [0.717, 1.165) is 12.8 Å². The lowest BCUT2D eigenvalue weighted by molar-refractivity contribution is -0.115. The maximum absolute atomic E-state index is 12.6. The molecule has 0 unspecified atom stereocenters. The van der Waals surface area contributed by atoms with Crippen molar-refractivity contribution in [2.24, 2.45) is 5.92 Å². The van der Waals surface area contributed by atoms with Gasteiger partial charge in [-0.15, -0.1) is 0 Å². The van der Waals surface area contributed by atoms with Crippen molar-refractivity contribution in [3.63, 3.8) is 0 Å². The molecule has 10 heteroatoms. The average molecular weight is 423 g/mol. The summed E-state index contributed by atoms with van der Waals surface area (Å²) in [6.45, 7) is 6.54. The smallest absolute Gasteiger partial charge is 0.330 e. The van der Waals surface area contributed by atoms with Crippen LogP contribution in [0.5, 0.6) is 0 Å². The molecule has 0 aliphatic rings. The van der Waals surface area contributed by atoms with E-state index < -0.39 is 11.2 Å². The molecule has 0 fully saturated rings. The van der Waals surface area contributed by atoms with Gasteiger partial charge in [-0.25, -0.2) is 9.78 Å². The summed E-state index contributed by atoms with van der Waals surface area (Å²) in [6.07, 6.45) is 3.11. The first-order valence-corrected chi connectivity index (χ1v) is 9.90. The van der Waals surface area contributed by atoms with Gasteiger partial charge in [-0.2, -0.15) is 0 Å². The van der Waals surface area contributed by atoms with Crippen LogP contribution in [0, 0.1) is 5.92 Å². The largest absolute Gasteiger partial charge is 0.383 e. The lowest BCUT2D eigenvalue weighted by Gasteiger charge is -2.26. The highest BCUT2D eigenvalue weighted by Gasteiger charge is 2.21. The highest BCUT2D eigenvalue weighted by atomic mass is 35.5. The first-order chi connectivity index (χ1) is 13.7. The maximum atomic E-state index is 12.6. The Morgan fingerprint density at radius 2 is 2.14 bits per heavy atom. The SMILES string of the molecule is CCCCN(CC(=O)Nc1cccnc1Cl)c1c(N)n(CC(C)C)c(=O)[nH]c1=O. The molecule has 0 saturated heterocycles. The van der Waals surface area contributed by atoms with Crippen LogP contribution in [0.25, 0.3) is 0 Å². The zero-order chi connectivity index (χ0) is 21.6. The molecular formula is C19H27ClN6O3. The van der Waals surface area contributed by atoms with E-state index in [2.05, 4.69) is 15.3 Å². The number of hydrogen-bond acceptors (Lipinski definition) is 6. The van der Waals surface area contributed by atoms with E-state index in [1.165, 1.54) is 10.8 Å². The van der Waals surface area contributed by atoms with E-state index in [0.29, 0.717) is 18.8 Å². The molecular weight excluding hydrogens is 396 g/mol. The number of aromatic amines is 1. The summed E-state index contributed by atoms with van der Waals surface area (Å²) in [7, 11) is 0. The van der Waals surface area contributed by atoms with Gasteiger partial charge in [0.15, 0.2) is 5.15 Å². The van der Waals surface area contributed by atoms with Crippen LogP contribution in [-0.2, 0) is 11.3 Å². The Morgan fingerprint density at radius 3 is 2.76 bits per heavy atom. The van der Waals surface area contributed by atoms with Gasteiger partial charge in [-0.05, 0) is 24.5 Å². The van der Waals surface area contributed by atoms with Crippen LogP contribution in [0.2, 0.25) is 5.15 Å². The lowest BCUT2D eigenvalue weighted by atomic mass is 10.2. The fraction of sp³-hybridized carbons (Fsp3) is 0.474. The first-order valence-electron chi connectivity index (χ1n) is 9.52. The van der Waals surface area contributed by atoms with Gasteiger partial charge in [0.05, 0.1) is 12.2 Å². The summed E-state index contributed by atoms with van der Waals surface area (Å²) < 4.78 is 1.33. The van der Waals surface area contributed by atoms with Crippen LogP contribution in [0.3, 0.4) is 0 Å². The van der Waals surface area contributed by atoms with Gasteiger partial charge in [-0.1, -0.05) is 38.8 Å². The van der Waals surface area contributed by atoms with E-state index in [9.17, 15) is 14.4 Å². The topological polar surface area (TPSA) is 126 Å². The van der Waals surface area contributed by atoms with Crippen LogP contribution in [0.15, 0.2) is 27.9 Å². The minimum Gasteiger partial charge on any atom is -0.383 e. The van der Waals surface area contributed by atoms with Crippen LogP contribution < -0.4 is 27.2 Å². The molecule has 4 N–H and O–H groups in total. The number of nitrogens with zero attached hydrogens (tertiary/aromatic N) is 3. The van der Waals surface area contributed by atoms with Gasteiger partial charge in [0.1, 0.15) is 11.5 Å². The first kappa shape index (κ1) is 22.5. The van der Waals surface area contributed by atoms with Gasteiger partial charge in [0.25, 0.3) is 5.56 Å². The zero-order valence-corrected chi connectivity index (χ0v) is 17.6. The Labute approximate surface area is 173 Å². The summed E-state index contributed by atoms with van der Waals surface area (Å²) in [5.74, 6) is -0.180. The van der Waals surface area contributed by atoms with E-state index >= 15 is 0 Å². The fourth-order valence-electron chi connectivity index (χ4n) is 2.89. The minimum absolute atomic E-state index is 0.0516. The van der Waals surface area contributed by atoms with Crippen molar-refractivity contribution < 1.29 is 4.79 Å². The number of hydrogen-bond donors (Lipinski definition) is 3. The predicted molar refractivity (Wildman–Crippen MR) is 116 cm³/mol. The number of aromatic nitrogens is 3. The molecule has 0 atom stereocenters.